The second-order valence-electron chi connectivity index (χ2n) is 5.60. The number of hydrogen-bond donors (Lipinski definition) is 1. The zero-order valence-corrected chi connectivity index (χ0v) is 15.7. The minimum atomic E-state index is -3.68. The van der Waals surface area contributed by atoms with E-state index < -0.39 is 10.0 Å². The molecular formula is C19H19N3O4S. The summed E-state index contributed by atoms with van der Waals surface area (Å²) in [5.41, 5.74) is 1.80. The predicted molar refractivity (Wildman–Crippen MR) is 101 cm³/mol. The van der Waals surface area contributed by atoms with Crippen molar-refractivity contribution >= 4 is 10.0 Å². The number of nitrogens with one attached hydrogen (secondary N) is 1. The van der Waals surface area contributed by atoms with Gasteiger partial charge in [0, 0.05) is 18.3 Å². The minimum Gasteiger partial charge on any atom is -0.497 e. The topological polar surface area (TPSA) is 90.4 Å². The number of ether oxygens (including phenoxy) is 2. The fraction of sp³-hybridized carbons (Fsp3) is 0.158. The third kappa shape index (κ3) is 4.60. The molecule has 0 spiro atoms. The molecule has 140 valence electrons. The lowest BCUT2D eigenvalue weighted by Crippen LogP contribution is -2.23. The Morgan fingerprint density at radius 2 is 1.67 bits per heavy atom. The van der Waals surface area contributed by atoms with Crippen molar-refractivity contribution in [2.75, 3.05) is 14.2 Å². The van der Waals surface area contributed by atoms with Gasteiger partial charge in [-0.05, 0) is 36.4 Å². The molecule has 27 heavy (non-hydrogen) atoms. The molecule has 8 heteroatoms. The Hall–Kier alpha value is -2.97. The van der Waals surface area contributed by atoms with E-state index in [2.05, 4.69) is 14.7 Å². The van der Waals surface area contributed by atoms with Gasteiger partial charge in [0.2, 0.25) is 10.0 Å². The summed E-state index contributed by atoms with van der Waals surface area (Å²) in [5.74, 6) is 1.16. The first-order chi connectivity index (χ1) is 13.0. The summed E-state index contributed by atoms with van der Waals surface area (Å²) in [6.45, 7) is 0.0192. The van der Waals surface area contributed by atoms with Gasteiger partial charge in [-0.15, -0.1) is 0 Å². The number of aromatic nitrogens is 2. The monoisotopic (exact) mass is 385 g/mol. The summed E-state index contributed by atoms with van der Waals surface area (Å²) in [7, 11) is -0.615. The van der Waals surface area contributed by atoms with Crippen molar-refractivity contribution in [1.82, 2.24) is 14.7 Å². The number of benzene rings is 1. The van der Waals surface area contributed by atoms with E-state index in [1.165, 1.54) is 19.2 Å². The molecule has 7 nitrogen and oxygen atoms in total. The molecule has 0 saturated heterocycles. The minimum absolute atomic E-state index is 0.0192. The standard InChI is InChI=1S/C19H19N3O4S/c1-25-15-6-8-17(9-7-15)27(23,24)21-13-14-11-16(26-2)12-19(22-14)18-5-3-4-10-20-18/h3-12,21H,13H2,1-2H3. The van der Waals surface area contributed by atoms with Crippen molar-refractivity contribution in [1.29, 1.82) is 0 Å². The summed E-state index contributed by atoms with van der Waals surface area (Å²) >= 11 is 0. The molecule has 0 bridgehead atoms. The fourth-order valence-electron chi connectivity index (χ4n) is 2.42. The maximum absolute atomic E-state index is 12.5. The van der Waals surface area contributed by atoms with Gasteiger partial charge >= 0.3 is 0 Å². The maximum Gasteiger partial charge on any atom is 0.240 e. The number of sulfonamides is 1. The van der Waals surface area contributed by atoms with E-state index in [1.807, 2.05) is 18.2 Å². The molecule has 0 unspecified atom stereocenters. The second kappa shape index (κ2) is 8.15. The van der Waals surface area contributed by atoms with Gasteiger partial charge in [0.1, 0.15) is 11.5 Å². The van der Waals surface area contributed by atoms with E-state index in [0.29, 0.717) is 28.6 Å². The van der Waals surface area contributed by atoms with E-state index >= 15 is 0 Å². The highest BCUT2D eigenvalue weighted by molar-refractivity contribution is 7.89. The number of hydrogen-bond acceptors (Lipinski definition) is 6. The molecule has 1 aromatic carbocycles. The second-order valence-corrected chi connectivity index (χ2v) is 7.37. The van der Waals surface area contributed by atoms with Gasteiger partial charge in [0.15, 0.2) is 0 Å². The van der Waals surface area contributed by atoms with Crippen molar-refractivity contribution < 1.29 is 17.9 Å². The van der Waals surface area contributed by atoms with Crippen LogP contribution < -0.4 is 14.2 Å². The van der Waals surface area contributed by atoms with Gasteiger partial charge in [0.25, 0.3) is 0 Å². The van der Waals surface area contributed by atoms with Crippen LogP contribution in [0.5, 0.6) is 11.5 Å². The van der Waals surface area contributed by atoms with Gasteiger partial charge in [-0.25, -0.2) is 18.1 Å². The molecule has 0 saturated carbocycles. The summed E-state index contributed by atoms with van der Waals surface area (Å²) in [6.07, 6.45) is 1.67. The SMILES string of the molecule is COc1ccc(S(=O)(=O)NCc2cc(OC)cc(-c3ccccn3)n2)cc1. The molecule has 0 radical (unpaired) electrons. The third-order valence-corrected chi connectivity index (χ3v) is 5.25. The summed E-state index contributed by atoms with van der Waals surface area (Å²) < 4.78 is 37.9. The lowest BCUT2D eigenvalue weighted by molar-refractivity contribution is 0.413. The maximum atomic E-state index is 12.5. The van der Waals surface area contributed by atoms with Gasteiger partial charge < -0.3 is 9.47 Å². The Morgan fingerprint density at radius 1 is 0.926 bits per heavy atom. The molecule has 2 aromatic heterocycles. The van der Waals surface area contributed by atoms with Crippen LogP contribution in [0.25, 0.3) is 11.4 Å². The van der Waals surface area contributed by atoms with E-state index in [4.69, 9.17) is 9.47 Å². The highest BCUT2D eigenvalue weighted by Gasteiger charge is 2.15. The van der Waals surface area contributed by atoms with Crippen molar-refractivity contribution in [3.05, 3.63) is 66.5 Å². The van der Waals surface area contributed by atoms with Crippen LogP contribution in [-0.2, 0) is 16.6 Å². The van der Waals surface area contributed by atoms with Crippen LogP contribution in [0.15, 0.2) is 65.7 Å². The van der Waals surface area contributed by atoms with Gasteiger partial charge in [-0.2, -0.15) is 0 Å². The average molecular weight is 385 g/mol. The Morgan fingerprint density at radius 3 is 2.30 bits per heavy atom. The number of methoxy groups -OCH3 is 2. The van der Waals surface area contributed by atoms with Crippen LogP contribution in [0.4, 0.5) is 0 Å². The Balaban J connectivity index is 1.82. The average Bonchev–Trinajstić information content (AvgIpc) is 2.72. The first-order valence-electron chi connectivity index (χ1n) is 8.12. The van der Waals surface area contributed by atoms with Gasteiger partial charge in [-0.3, -0.25) is 4.98 Å². The van der Waals surface area contributed by atoms with Gasteiger partial charge in [0.05, 0.1) is 42.7 Å². The highest BCUT2D eigenvalue weighted by Crippen LogP contribution is 2.22. The molecule has 0 aliphatic rings. The van der Waals surface area contributed by atoms with Crippen LogP contribution in [0.1, 0.15) is 5.69 Å². The fourth-order valence-corrected chi connectivity index (χ4v) is 3.42. The van der Waals surface area contributed by atoms with Crippen LogP contribution in [0, 0.1) is 0 Å². The molecule has 3 rings (SSSR count). The Labute approximate surface area is 158 Å². The first-order valence-corrected chi connectivity index (χ1v) is 9.60. The van der Waals surface area contributed by atoms with Crippen LogP contribution in [0.3, 0.4) is 0 Å². The van der Waals surface area contributed by atoms with E-state index in [-0.39, 0.29) is 11.4 Å². The van der Waals surface area contributed by atoms with Crippen molar-refractivity contribution in [2.24, 2.45) is 0 Å². The van der Waals surface area contributed by atoms with E-state index in [0.717, 1.165) is 0 Å². The normalized spacial score (nSPS) is 11.2. The molecule has 3 aromatic rings. The zero-order valence-electron chi connectivity index (χ0n) is 14.9. The molecular weight excluding hydrogens is 366 g/mol. The molecule has 0 atom stereocenters. The van der Waals surface area contributed by atoms with Gasteiger partial charge in [-0.1, -0.05) is 6.07 Å². The van der Waals surface area contributed by atoms with Crippen LogP contribution in [-0.4, -0.2) is 32.6 Å². The largest absolute Gasteiger partial charge is 0.497 e. The molecule has 0 aliphatic carbocycles. The quantitative estimate of drug-likeness (QED) is 0.672. The Kier molecular flexibility index (Phi) is 5.68. The van der Waals surface area contributed by atoms with Crippen LogP contribution >= 0.6 is 0 Å². The molecule has 2 heterocycles. The summed E-state index contributed by atoms with van der Waals surface area (Å²) in [4.78, 5) is 8.91. The lowest BCUT2D eigenvalue weighted by atomic mass is 10.2. The zero-order chi connectivity index (χ0) is 19.3. The van der Waals surface area contributed by atoms with Crippen molar-refractivity contribution in [3.8, 4) is 22.9 Å². The van der Waals surface area contributed by atoms with Crippen LogP contribution in [0.2, 0.25) is 0 Å². The highest BCUT2D eigenvalue weighted by atomic mass is 32.2. The van der Waals surface area contributed by atoms with Crippen molar-refractivity contribution in [2.45, 2.75) is 11.4 Å². The molecule has 1 N–H and O–H groups in total. The molecule has 0 fully saturated rings. The predicted octanol–water partition coefficient (Wildman–Crippen LogP) is 2.64. The number of pyridine rings is 2. The van der Waals surface area contributed by atoms with Crippen molar-refractivity contribution in [3.63, 3.8) is 0 Å². The first kappa shape index (κ1) is 18.8. The van der Waals surface area contributed by atoms with E-state index in [1.54, 1.807) is 37.6 Å². The Bertz CT molecular complexity index is 1010. The lowest BCUT2D eigenvalue weighted by Gasteiger charge is -2.10. The third-order valence-electron chi connectivity index (χ3n) is 3.83. The smallest absolute Gasteiger partial charge is 0.240 e. The number of rotatable bonds is 7. The summed E-state index contributed by atoms with van der Waals surface area (Å²) in [6, 6.07) is 15.1. The van der Waals surface area contributed by atoms with E-state index in [9.17, 15) is 8.42 Å². The summed E-state index contributed by atoms with van der Waals surface area (Å²) in [5, 5.41) is 0. The number of nitrogens with zero attached hydrogens (tertiary/aromatic N) is 2. The molecule has 0 amide bonds. The molecule has 0 aliphatic heterocycles.